The Kier molecular flexibility index (Phi) is 6.97. The van der Waals surface area contributed by atoms with E-state index < -0.39 is 6.04 Å². The number of rotatable bonds is 6. The summed E-state index contributed by atoms with van der Waals surface area (Å²) in [5.41, 5.74) is 5.80. The lowest BCUT2D eigenvalue weighted by Crippen LogP contribution is -2.52. The molecule has 2 aromatic carbocycles. The number of fused-ring (bicyclic) bond motifs is 1. The number of hydrogen-bond acceptors (Lipinski definition) is 3. The van der Waals surface area contributed by atoms with Gasteiger partial charge in [0.2, 0.25) is 5.91 Å². The van der Waals surface area contributed by atoms with E-state index in [4.69, 9.17) is 0 Å². The lowest BCUT2D eigenvalue weighted by atomic mass is 9.91. The minimum Gasteiger partial charge on any atom is -0.302 e. The Labute approximate surface area is 186 Å². The van der Waals surface area contributed by atoms with Crippen molar-refractivity contribution >= 4 is 17.5 Å². The lowest BCUT2D eigenvalue weighted by Gasteiger charge is -2.34. The van der Waals surface area contributed by atoms with E-state index in [1.165, 1.54) is 16.8 Å². The fourth-order valence-corrected chi connectivity index (χ4v) is 4.64. The zero-order valence-electron chi connectivity index (χ0n) is 19.7. The summed E-state index contributed by atoms with van der Waals surface area (Å²) in [6.07, 6.45) is 0.891. The Morgan fingerprint density at radius 3 is 2.23 bits per heavy atom. The highest BCUT2D eigenvalue weighted by Gasteiger charge is 2.33. The molecule has 1 atom stereocenters. The number of hydrogen-bond donors (Lipinski definition) is 2. The van der Waals surface area contributed by atoms with Crippen LogP contribution in [0, 0.1) is 0 Å². The van der Waals surface area contributed by atoms with Gasteiger partial charge in [-0.15, -0.1) is 0 Å². The smallest absolute Gasteiger partial charge is 0.282 e. The Hall–Kier alpha value is -2.50. The first-order chi connectivity index (χ1) is 14.6. The van der Waals surface area contributed by atoms with Crippen LogP contribution in [0.5, 0.6) is 0 Å². The second-order valence-electron chi connectivity index (χ2n) is 9.69. The SMILES string of the molecule is CC(C)c1cccc(C(C)C)c1[N+](C)(C)CC(=O)NC(=O)C1NCCc2ccccc21. The number of nitrogens with zero attached hydrogens (tertiary/aromatic N) is 1. The van der Waals surface area contributed by atoms with Gasteiger partial charge in [-0.25, -0.2) is 0 Å². The molecule has 5 nitrogen and oxygen atoms in total. The molecule has 0 radical (unpaired) electrons. The number of nitrogens with one attached hydrogen (secondary N) is 2. The highest BCUT2D eigenvalue weighted by Crippen LogP contribution is 2.37. The second kappa shape index (κ2) is 9.33. The fraction of sp³-hybridized carbons (Fsp3) is 0.462. The molecule has 0 fully saturated rings. The Morgan fingerprint density at radius 1 is 1.00 bits per heavy atom. The van der Waals surface area contributed by atoms with Crippen molar-refractivity contribution in [2.75, 3.05) is 27.2 Å². The Bertz CT molecular complexity index is 937. The number of likely N-dealkylation sites (N-methyl/N-ethyl adjacent to an activating group) is 1. The maximum Gasteiger partial charge on any atom is 0.282 e. The van der Waals surface area contributed by atoms with Crippen LogP contribution in [-0.4, -0.2) is 39.0 Å². The summed E-state index contributed by atoms with van der Waals surface area (Å²) in [7, 11) is 4.09. The standard InChI is InChI=1S/C26H35N3O2/c1-17(2)20-12-9-13-21(18(3)4)25(20)29(5,6)16-23(30)28-26(31)24-22-11-8-7-10-19(22)14-15-27-24/h7-13,17-18,24,27H,14-16H2,1-6H3/p+1. The molecule has 1 unspecified atom stereocenters. The van der Waals surface area contributed by atoms with Gasteiger partial charge in [-0.1, -0.05) is 70.2 Å². The van der Waals surface area contributed by atoms with Crippen LogP contribution < -0.4 is 15.1 Å². The number of carbonyl (C=O) groups excluding carboxylic acids is 2. The molecule has 1 aliphatic rings. The van der Waals surface area contributed by atoms with Gasteiger partial charge in [0.25, 0.3) is 5.91 Å². The summed E-state index contributed by atoms with van der Waals surface area (Å²) in [5.74, 6) is 0.156. The highest BCUT2D eigenvalue weighted by molar-refractivity contribution is 5.99. The van der Waals surface area contributed by atoms with E-state index in [9.17, 15) is 9.59 Å². The molecule has 2 aromatic rings. The Morgan fingerprint density at radius 2 is 1.61 bits per heavy atom. The van der Waals surface area contributed by atoms with E-state index in [0.29, 0.717) is 16.3 Å². The average molecular weight is 423 g/mol. The number of benzene rings is 2. The normalized spacial score (nSPS) is 16.3. The number of imide groups is 1. The van der Waals surface area contributed by atoms with Crippen molar-refractivity contribution in [1.29, 1.82) is 0 Å². The van der Waals surface area contributed by atoms with Crippen molar-refractivity contribution in [2.24, 2.45) is 0 Å². The van der Waals surface area contributed by atoms with E-state index >= 15 is 0 Å². The molecule has 0 saturated heterocycles. The number of quaternary nitrogens is 1. The van der Waals surface area contributed by atoms with Crippen molar-refractivity contribution in [3.63, 3.8) is 0 Å². The maximum atomic E-state index is 13.0. The summed E-state index contributed by atoms with van der Waals surface area (Å²) in [6.45, 7) is 9.64. The monoisotopic (exact) mass is 422 g/mol. The highest BCUT2D eigenvalue weighted by atomic mass is 16.2. The summed E-state index contributed by atoms with van der Waals surface area (Å²) in [6, 6.07) is 13.9. The molecule has 2 amide bonds. The second-order valence-corrected chi connectivity index (χ2v) is 9.69. The maximum absolute atomic E-state index is 13.0. The molecular formula is C26H36N3O2+. The molecule has 31 heavy (non-hydrogen) atoms. The van der Waals surface area contributed by atoms with Crippen LogP contribution in [0.1, 0.15) is 67.8 Å². The van der Waals surface area contributed by atoms with Crippen LogP contribution in [0.25, 0.3) is 0 Å². The lowest BCUT2D eigenvalue weighted by molar-refractivity contribution is -0.132. The molecule has 5 heteroatoms. The molecule has 0 aromatic heterocycles. The molecule has 2 N–H and O–H groups in total. The predicted molar refractivity (Wildman–Crippen MR) is 127 cm³/mol. The van der Waals surface area contributed by atoms with Gasteiger partial charge in [0.1, 0.15) is 11.7 Å². The van der Waals surface area contributed by atoms with Crippen LogP contribution in [0.4, 0.5) is 5.69 Å². The van der Waals surface area contributed by atoms with Crippen molar-refractivity contribution in [2.45, 2.75) is 52.0 Å². The summed E-state index contributed by atoms with van der Waals surface area (Å²) in [5, 5.41) is 5.91. The van der Waals surface area contributed by atoms with Crippen LogP contribution in [0.3, 0.4) is 0 Å². The third-order valence-corrected chi connectivity index (χ3v) is 6.12. The first kappa shape index (κ1) is 23.2. The zero-order valence-corrected chi connectivity index (χ0v) is 19.7. The third-order valence-electron chi connectivity index (χ3n) is 6.12. The molecule has 3 rings (SSSR count). The molecule has 0 saturated carbocycles. The van der Waals surface area contributed by atoms with E-state index in [1.807, 2.05) is 32.3 Å². The summed E-state index contributed by atoms with van der Waals surface area (Å²) >= 11 is 0. The molecule has 0 aliphatic carbocycles. The van der Waals surface area contributed by atoms with E-state index in [1.54, 1.807) is 0 Å². The zero-order chi connectivity index (χ0) is 22.8. The van der Waals surface area contributed by atoms with E-state index in [2.05, 4.69) is 62.6 Å². The van der Waals surface area contributed by atoms with Gasteiger partial charge in [0.15, 0.2) is 6.54 Å². The van der Waals surface area contributed by atoms with E-state index in [-0.39, 0.29) is 18.4 Å². The van der Waals surface area contributed by atoms with Crippen molar-refractivity contribution in [1.82, 2.24) is 15.1 Å². The van der Waals surface area contributed by atoms with Crippen LogP contribution in [-0.2, 0) is 16.0 Å². The first-order valence-electron chi connectivity index (χ1n) is 11.2. The fourth-order valence-electron chi connectivity index (χ4n) is 4.64. The molecule has 0 spiro atoms. The molecular weight excluding hydrogens is 386 g/mol. The Balaban J connectivity index is 1.80. The van der Waals surface area contributed by atoms with Gasteiger partial charge in [0, 0.05) is 17.7 Å². The van der Waals surface area contributed by atoms with Gasteiger partial charge in [-0.3, -0.25) is 19.4 Å². The van der Waals surface area contributed by atoms with Gasteiger partial charge in [-0.2, -0.15) is 0 Å². The minimum atomic E-state index is -0.487. The molecule has 1 aliphatic heterocycles. The van der Waals surface area contributed by atoms with Gasteiger partial charge in [0.05, 0.1) is 14.1 Å². The largest absolute Gasteiger partial charge is 0.302 e. The van der Waals surface area contributed by atoms with Gasteiger partial charge >= 0.3 is 0 Å². The number of amides is 2. The first-order valence-corrected chi connectivity index (χ1v) is 11.2. The van der Waals surface area contributed by atoms with Crippen molar-refractivity contribution in [3.05, 3.63) is 64.7 Å². The summed E-state index contributed by atoms with van der Waals surface area (Å²) < 4.78 is 0.398. The van der Waals surface area contributed by atoms with Crippen LogP contribution >= 0.6 is 0 Å². The number of carbonyl (C=O) groups is 2. The van der Waals surface area contributed by atoms with E-state index in [0.717, 1.165) is 24.1 Å². The summed E-state index contributed by atoms with van der Waals surface area (Å²) in [4.78, 5) is 25.9. The molecule has 166 valence electrons. The minimum absolute atomic E-state index is 0.198. The van der Waals surface area contributed by atoms with Crippen LogP contribution in [0.2, 0.25) is 0 Å². The molecule has 1 heterocycles. The third kappa shape index (κ3) is 5.05. The quantitative estimate of drug-likeness (QED) is 0.691. The van der Waals surface area contributed by atoms with Gasteiger partial charge < -0.3 is 5.32 Å². The topological polar surface area (TPSA) is 58.2 Å². The average Bonchev–Trinajstić information content (AvgIpc) is 2.72. The van der Waals surface area contributed by atoms with Gasteiger partial charge in [-0.05, 0) is 29.4 Å². The van der Waals surface area contributed by atoms with Crippen LogP contribution in [0.15, 0.2) is 42.5 Å². The van der Waals surface area contributed by atoms with Crippen molar-refractivity contribution < 1.29 is 9.59 Å². The number of para-hydroxylation sites is 1. The predicted octanol–water partition coefficient (Wildman–Crippen LogP) is 4.03. The van der Waals surface area contributed by atoms with Crippen molar-refractivity contribution in [3.8, 4) is 0 Å². The molecule has 0 bridgehead atoms.